The van der Waals surface area contributed by atoms with Crippen LogP contribution in [0.25, 0.3) is 17.0 Å². The van der Waals surface area contributed by atoms with E-state index >= 15 is 0 Å². The van der Waals surface area contributed by atoms with Crippen molar-refractivity contribution in [3.8, 4) is 0 Å². The average Bonchev–Trinajstić information content (AvgIpc) is 2.75. The molecule has 1 fully saturated rings. The van der Waals surface area contributed by atoms with Crippen LogP contribution < -0.4 is 10.9 Å². The van der Waals surface area contributed by atoms with Crippen molar-refractivity contribution in [1.82, 2.24) is 15.3 Å². The van der Waals surface area contributed by atoms with E-state index in [0.29, 0.717) is 17.4 Å². The van der Waals surface area contributed by atoms with Crippen molar-refractivity contribution in [2.75, 3.05) is 13.6 Å². The lowest BCUT2D eigenvalue weighted by Crippen LogP contribution is -2.41. The number of likely N-dealkylation sites (N-methyl/N-ethyl adjacent to an activating group) is 1. The van der Waals surface area contributed by atoms with E-state index in [1.165, 1.54) is 6.33 Å². The number of hydrogen-bond donors (Lipinski definition) is 2. The van der Waals surface area contributed by atoms with Crippen LogP contribution in [0.5, 0.6) is 0 Å². The molecule has 1 aromatic carbocycles. The number of aromatic amines is 1. The van der Waals surface area contributed by atoms with Crippen molar-refractivity contribution < 1.29 is 9.31 Å². The molecule has 1 aliphatic heterocycles. The summed E-state index contributed by atoms with van der Waals surface area (Å²) in [5.41, 5.74) is 1.69. The van der Waals surface area contributed by atoms with Crippen LogP contribution in [0.2, 0.25) is 0 Å². The molecule has 1 aliphatic rings. The first-order valence-electron chi connectivity index (χ1n) is 8.42. The summed E-state index contributed by atoms with van der Waals surface area (Å²) in [6.45, 7) is 8.79. The van der Waals surface area contributed by atoms with Crippen LogP contribution in [0.1, 0.15) is 33.3 Å². The smallest absolute Gasteiger partial charge is 0.400 e. The molecule has 3 rings (SSSR count). The zero-order valence-electron chi connectivity index (χ0n) is 15.3. The van der Waals surface area contributed by atoms with Gasteiger partial charge in [-0.1, -0.05) is 12.1 Å². The molecule has 2 heterocycles. The summed E-state index contributed by atoms with van der Waals surface area (Å²) in [6, 6.07) is 5.58. The van der Waals surface area contributed by atoms with E-state index in [4.69, 9.17) is 9.31 Å². The number of H-pyrrole nitrogens is 1. The van der Waals surface area contributed by atoms with Crippen LogP contribution in [0.4, 0.5) is 0 Å². The minimum absolute atomic E-state index is 0.137. The lowest BCUT2D eigenvalue weighted by atomic mass is 9.77. The molecule has 0 unspecified atom stereocenters. The van der Waals surface area contributed by atoms with Gasteiger partial charge in [-0.2, -0.15) is 0 Å². The predicted molar refractivity (Wildman–Crippen MR) is 100 cm³/mol. The summed E-state index contributed by atoms with van der Waals surface area (Å²) in [5.74, 6) is 0. The van der Waals surface area contributed by atoms with Crippen molar-refractivity contribution in [2.24, 2.45) is 0 Å². The van der Waals surface area contributed by atoms with E-state index in [1.807, 2.05) is 53.0 Å². The van der Waals surface area contributed by atoms with Gasteiger partial charge in [0, 0.05) is 6.54 Å². The summed E-state index contributed by atoms with van der Waals surface area (Å²) in [6.07, 6.45) is 3.45. The maximum absolute atomic E-state index is 11.8. The Morgan fingerprint density at radius 2 is 1.96 bits per heavy atom. The third-order valence-electron chi connectivity index (χ3n) is 4.95. The van der Waals surface area contributed by atoms with Crippen LogP contribution in [-0.2, 0) is 9.31 Å². The predicted octanol–water partition coefficient (Wildman–Crippen LogP) is 2.16. The molecular formula is C18H24BN3O3. The second-order valence-corrected chi connectivity index (χ2v) is 7.35. The van der Waals surface area contributed by atoms with Gasteiger partial charge in [0.25, 0.3) is 5.56 Å². The zero-order valence-corrected chi connectivity index (χ0v) is 15.3. The number of nitrogens with zero attached hydrogens (tertiary/aromatic N) is 1. The molecule has 0 amide bonds. The van der Waals surface area contributed by atoms with E-state index in [-0.39, 0.29) is 16.8 Å². The van der Waals surface area contributed by atoms with Crippen molar-refractivity contribution in [3.63, 3.8) is 0 Å². The Bertz CT molecular complexity index is 857. The van der Waals surface area contributed by atoms with Crippen LogP contribution in [-0.4, -0.2) is 41.9 Å². The molecule has 0 atom stereocenters. The second kappa shape index (κ2) is 6.40. The summed E-state index contributed by atoms with van der Waals surface area (Å²) >= 11 is 0. The summed E-state index contributed by atoms with van der Waals surface area (Å²) < 4.78 is 12.3. The number of hydrogen-bond acceptors (Lipinski definition) is 5. The van der Waals surface area contributed by atoms with Crippen LogP contribution in [0.3, 0.4) is 0 Å². The number of nitrogens with one attached hydrogen (secondary N) is 2. The van der Waals surface area contributed by atoms with Crippen molar-refractivity contribution >= 4 is 24.1 Å². The molecule has 2 aromatic rings. The normalized spacial score (nSPS) is 19.6. The molecule has 25 heavy (non-hydrogen) atoms. The fourth-order valence-corrected chi connectivity index (χ4v) is 2.79. The van der Waals surface area contributed by atoms with Crippen LogP contribution in [0.15, 0.2) is 34.8 Å². The third kappa shape index (κ3) is 3.40. The molecule has 1 saturated heterocycles. The maximum atomic E-state index is 11.8. The Hall–Kier alpha value is -1.96. The van der Waals surface area contributed by atoms with Crippen molar-refractivity contribution in [1.29, 1.82) is 0 Å². The van der Waals surface area contributed by atoms with Gasteiger partial charge >= 0.3 is 7.12 Å². The Labute approximate surface area is 147 Å². The van der Waals surface area contributed by atoms with E-state index in [0.717, 1.165) is 11.0 Å². The first kappa shape index (κ1) is 17.9. The molecule has 132 valence electrons. The summed E-state index contributed by atoms with van der Waals surface area (Å²) in [7, 11) is 1.47. The first-order chi connectivity index (χ1) is 11.7. The molecule has 0 radical (unpaired) electrons. The third-order valence-corrected chi connectivity index (χ3v) is 4.95. The highest BCUT2D eigenvalue weighted by atomic mass is 16.7. The number of fused-ring (bicyclic) bond motifs is 1. The highest BCUT2D eigenvalue weighted by Crippen LogP contribution is 2.38. The topological polar surface area (TPSA) is 76.2 Å². The van der Waals surface area contributed by atoms with Gasteiger partial charge < -0.3 is 19.6 Å². The Kier molecular flexibility index (Phi) is 4.57. The number of rotatable bonds is 4. The van der Waals surface area contributed by atoms with Crippen LogP contribution >= 0.6 is 0 Å². The fraction of sp³-hybridized carbons (Fsp3) is 0.444. The van der Waals surface area contributed by atoms with E-state index in [2.05, 4.69) is 15.3 Å². The molecule has 1 aromatic heterocycles. The maximum Gasteiger partial charge on any atom is 0.491 e. The second-order valence-electron chi connectivity index (χ2n) is 7.35. The standard InChI is InChI=1S/C18H24BN3O3/c1-17(2)18(3,4)25-19(24-17)13(10-20-5)8-12-6-7-14-15(9-12)21-11-22-16(14)23/h6-9,11,20H,10H2,1-5H3,(H,21,22,23). The molecule has 0 spiro atoms. The lowest BCUT2D eigenvalue weighted by Gasteiger charge is -2.32. The molecule has 7 heteroatoms. The average molecular weight is 341 g/mol. The van der Waals surface area contributed by atoms with E-state index in [9.17, 15) is 4.79 Å². The van der Waals surface area contributed by atoms with E-state index < -0.39 is 7.12 Å². The minimum Gasteiger partial charge on any atom is -0.400 e. The Morgan fingerprint density at radius 1 is 1.28 bits per heavy atom. The Morgan fingerprint density at radius 3 is 2.60 bits per heavy atom. The van der Waals surface area contributed by atoms with Crippen LogP contribution in [0, 0.1) is 0 Å². The lowest BCUT2D eigenvalue weighted by molar-refractivity contribution is 0.00578. The molecule has 0 bridgehead atoms. The van der Waals surface area contributed by atoms with Gasteiger partial charge in [0.2, 0.25) is 0 Å². The fourth-order valence-electron chi connectivity index (χ4n) is 2.79. The largest absolute Gasteiger partial charge is 0.491 e. The molecule has 0 aliphatic carbocycles. The number of benzene rings is 1. The van der Waals surface area contributed by atoms with E-state index in [1.54, 1.807) is 6.07 Å². The zero-order chi connectivity index (χ0) is 18.2. The van der Waals surface area contributed by atoms with Crippen molar-refractivity contribution in [2.45, 2.75) is 38.9 Å². The molecule has 2 N–H and O–H groups in total. The monoisotopic (exact) mass is 341 g/mol. The highest BCUT2D eigenvalue weighted by molar-refractivity contribution is 6.55. The molecular weight excluding hydrogens is 317 g/mol. The van der Waals surface area contributed by atoms with Gasteiger partial charge in [-0.25, -0.2) is 4.98 Å². The minimum atomic E-state index is -0.416. The van der Waals surface area contributed by atoms with Gasteiger partial charge in [-0.3, -0.25) is 4.79 Å². The first-order valence-corrected chi connectivity index (χ1v) is 8.42. The summed E-state index contributed by atoms with van der Waals surface area (Å²) in [5, 5.41) is 3.74. The van der Waals surface area contributed by atoms with Gasteiger partial charge in [0.1, 0.15) is 0 Å². The number of aromatic nitrogens is 2. The SMILES string of the molecule is CNCC(=Cc1ccc2c(=O)[nH]cnc2c1)B1OC(C)(C)C(C)(C)O1. The van der Waals surface area contributed by atoms with Gasteiger partial charge in [0.05, 0.1) is 28.4 Å². The Balaban J connectivity index is 1.97. The highest BCUT2D eigenvalue weighted by Gasteiger charge is 2.52. The van der Waals surface area contributed by atoms with Gasteiger partial charge in [0.15, 0.2) is 0 Å². The van der Waals surface area contributed by atoms with Gasteiger partial charge in [-0.15, -0.1) is 0 Å². The molecule has 0 saturated carbocycles. The van der Waals surface area contributed by atoms with Crippen molar-refractivity contribution in [3.05, 3.63) is 45.9 Å². The molecule has 6 nitrogen and oxygen atoms in total. The summed E-state index contributed by atoms with van der Waals surface area (Å²) in [4.78, 5) is 18.6. The van der Waals surface area contributed by atoms with Gasteiger partial charge in [-0.05, 0) is 57.9 Å². The quantitative estimate of drug-likeness (QED) is 0.834.